The molecule has 0 aromatic carbocycles. The number of hydrogen-bond donors (Lipinski definition) is 1. The number of halogens is 3. The van der Waals surface area contributed by atoms with Crippen molar-refractivity contribution in [2.75, 3.05) is 0 Å². The highest BCUT2D eigenvalue weighted by molar-refractivity contribution is 9.10. The highest BCUT2D eigenvalue weighted by atomic mass is 79.9. The summed E-state index contributed by atoms with van der Waals surface area (Å²) in [7, 11) is -4.30. The summed E-state index contributed by atoms with van der Waals surface area (Å²) in [5.74, 6) is -1.13. The minimum atomic E-state index is -4.30. The van der Waals surface area contributed by atoms with Gasteiger partial charge in [-0.3, -0.25) is 0 Å². The first kappa shape index (κ1) is 13.9. The molecule has 0 aliphatic carbocycles. The van der Waals surface area contributed by atoms with Crippen LogP contribution in [0, 0.1) is 10.1 Å². The molecule has 0 amide bonds. The van der Waals surface area contributed by atoms with Crippen LogP contribution in [0.15, 0.2) is 15.6 Å². The van der Waals surface area contributed by atoms with Crippen LogP contribution >= 0.6 is 15.9 Å². The van der Waals surface area contributed by atoms with Gasteiger partial charge in [-0.1, -0.05) is 0 Å². The number of sulfonamides is 1. The Morgan fingerprint density at radius 1 is 1.53 bits per heavy atom. The van der Waals surface area contributed by atoms with Crippen LogP contribution in [0.2, 0.25) is 0 Å². The lowest BCUT2D eigenvalue weighted by Crippen LogP contribution is -2.15. The summed E-state index contributed by atoms with van der Waals surface area (Å²) in [6, 6.07) is 0. The Kier molecular flexibility index (Phi) is 3.74. The topological polar surface area (TPSA) is 116 Å². The SMILES string of the molecule is NS(=O)(=O)c1cnc([N+](=O)[O-])c(C(F)F)c1Br. The first-order chi connectivity index (χ1) is 7.66. The summed E-state index contributed by atoms with van der Waals surface area (Å²) in [6.07, 6.45) is -2.72. The van der Waals surface area contributed by atoms with Crippen LogP contribution in [0.4, 0.5) is 14.6 Å². The van der Waals surface area contributed by atoms with Crippen molar-refractivity contribution in [2.45, 2.75) is 11.3 Å². The number of primary sulfonamides is 1. The summed E-state index contributed by atoms with van der Waals surface area (Å²) in [4.78, 5) is 11.6. The molecule has 94 valence electrons. The molecule has 0 aliphatic heterocycles. The van der Waals surface area contributed by atoms with Gasteiger partial charge in [0.05, 0.1) is 4.47 Å². The van der Waals surface area contributed by atoms with Crippen molar-refractivity contribution in [1.82, 2.24) is 4.98 Å². The lowest BCUT2D eigenvalue weighted by Gasteiger charge is -2.06. The molecule has 1 heterocycles. The molecule has 1 aromatic rings. The van der Waals surface area contributed by atoms with E-state index in [2.05, 4.69) is 20.9 Å². The van der Waals surface area contributed by atoms with Crippen LogP contribution in [0.5, 0.6) is 0 Å². The van der Waals surface area contributed by atoms with Crippen LogP contribution in [0.25, 0.3) is 0 Å². The fraction of sp³-hybridized carbons (Fsp3) is 0.167. The minimum Gasteiger partial charge on any atom is -0.358 e. The van der Waals surface area contributed by atoms with E-state index >= 15 is 0 Å². The zero-order valence-electron chi connectivity index (χ0n) is 7.80. The molecule has 2 N–H and O–H groups in total. The second-order valence-electron chi connectivity index (χ2n) is 2.78. The van der Waals surface area contributed by atoms with Gasteiger partial charge in [0.15, 0.2) is 6.20 Å². The molecule has 0 spiro atoms. The Morgan fingerprint density at radius 2 is 2.06 bits per heavy atom. The van der Waals surface area contributed by atoms with Crippen molar-refractivity contribution >= 4 is 31.8 Å². The zero-order valence-corrected chi connectivity index (χ0v) is 10.2. The van der Waals surface area contributed by atoms with Gasteiger partial charge in [-0.15, -0.1) is 0 Å². The van der Waals surface area contributed by atoms with E-state index in [0.29, 0.717) is 6.20 Å². The van der Waals surface area contributed by atoms with E-state index in [0.717, 1.165) is 0 Å². The summed E-state index contributed by atoms with van der Waals surface area (Å²) >= 11 is 2.55. The highest BCUT2D eigenvalue weighted by Gasteiger charge is 2.31. The van der Waals surface area contributed by atoms with Gasteiger partial charge in [-0.2, -0.15) is 0 Å². The molecule has 0 bridgehead atoms. The number of pyridine rings is 1. The monoisotopic (exact) mass is 331 g/mol. The molecule has 1 rings (SSSR count). The molecule has 1 aromatic heterocycles. The second-order valence-corrected chi connectivity index (χ2v) is 5.10. The Morgan fingerprint density at radius 3 is 2.41 bits per heavy atom. The van der Waals surface area contributed by atoms with E-state index in [9.17, 15) is 27.3 Å². The van der Waals surface area contributed by atoms with Gasteiger partial charge in [-0.25, -0.2) is 22.3 Å². The van der Waals surface area contributed by atoms with Crippen LogP contribution < -0.4 is 5.14 Å². The highest BCUT2D eigenvalue weighted by Crippen LogP contribution is 2.36. The first-order valence-electron chi connectivity index (χ1n) is 3.80. The van der Waals surface area contributed by atoms with E-state index in [4.69, 9.17) is 5.14 Å². The molecule has 0 aliphatic rings. The second kappa shape index (κ2) is 4.58. The molecule has 0 saturated heterocycles. The van der Waals surface area contributed by atoms with Gasteiger partial charge in [0.1, 0.15) is 10.5 Å². The van der Waals surface area contributed by atoms with Gasteiger partial charge in [-0.05, 0) is 25.8 Å². The van der Waals surface area contributed by atoms with Gasteiger partial charge in [0, 0.05) is 0 Å². The first-order valence-corrected chi connectivity index (χ1v) is 6.14. The zero-order chi connectivity index (χ0) is 13.4. The number of rotatable bonds is 3. The Balaban J connectivity index is 3.67. The third kappa shape index (κ3) is 2.73. The molecule has 17 heavy (non-hydrogen) atoms. The number of nitro groups is 1. The third-order valence-electron chi connectivity index (χ3n) is 1.70. The van der Waals surface area contributed by atoms with Crippen molar-refractivity contribution < 1.29 is 22.1 Å². The van der Waals surface area contributed by atoms with Gasteiger partial charge >= 0.3 is 5.82 Å². The number of aromatic nitrogens is 1. The van der Waals surface area contributed by atoms with Crippen molar-refractivity contribution in [3.05, 3.63) is 26.3 Å². The number of hydrogen-bond acceptors (Lipinski definition) is 5. The molecular formula is C6H4BrF2N3O4S. The van der Waals surface area contributed by atoms with E-state index in [1.54, 1.807) is 0 Å². The van der Waals surface area contributed by atoms with Crippen LogP contribution in [0.1, 0.15) is 12.0 Å². The fourth-order valence-corrected chi connectivity index (χ4v) is 2.70. The smallest absolute Gasteiger partial charge is 0.358 e. The summed E-state index contributed by atoms with van der Waals surface area (Å²) in [6.45, 7) is 0. The molecule has 0 radical (unpaired) electrons. The predicted octanol–water partition coefficient (Wildman–Crippen LogP) is 1.34. The normalized spacial score (nSPS) is 11.8. The molecule has 0 unspecified atom stereocenters. The summed E-state index contributed by atoms with van der Waals surface area (Å²) in [5.41, 5.74) is -1.12. The lowest BCUT2D eigenvalue weighted by molar-refractivity contribution is -0.391. The van der Waals surface area contributed by atoms with Gasteiger partial charge < -0.3 is 10.1 Å². The maximum Gasteiger partial charge on any atom is 0.373 e. The van der Waals surface area contributed by atoms with Gasteiger partial charge in [0.2, 0.25) is 10.0 Å². The van der Waals surface area contributed by atoms with Crippen molar-refractivity contribution in [1.29, 1.82) is 0 Å². The number of nitrogens with zero attached hydrogens (tertiary/aromatic N) is 2. The Labute approximate surface area is 102 Å². The van der Waals surface area contributed by atoms with Crippen LogP contribution in [0.3, 0.4) is 0 Å². The standard InChI is InChI=1S/C6H4BrF2N3O4S/c7-4-2(17(10,15)16)1-11-6(12(13)14)3(4)5(8)9/h1,5H,(H2,10,15,16). The molecular weight excluding hydrogens is 328 g/mol. The van der Waals surface area contributed by atoms with Gasteiger partial charge in [0.25, 0.3) is 6.43 Å². The summed E-state index contributed by atoms with van der Waals surface area (Å²) in [5, 5.41) is 15.2. The molecule has 7 nitrogen and oxygen atoms in total. The Bertz CT molecular complexity index is 577. The fourth-order valence-electron chi connectivity index (χ4n) is 1.01. The van der Waals surface area contributed by atoms with Crippen LogP contribution in [-0.4, -0.2) is 18.3 Å². The average molecular weight is 332 g/mol. The van der Waals surface area contributed by atoms with E-state index < -0.39 is 42.1 Å². The van der Waals surface area contributed by atoms with Crippen molar-refractivity contribution in [2.24, 2.45) is 5.14 Å². The van der Waals surface area contributed by atoms with E-state index in [1.807, 2.05) is 0 Å². The Hall–Kier alpha value is -1.20. The van der Waals surface area contributed by atoms with E-state index in [1.165, 1.54) is 0 Å². The maximum absolute atomic E-state index is 12.6. The molecule has 0 fully saturated rings. The van der Waals surface area contributed by atoms with Crippen molar-refractivity contribution in [3.63, 3.8) is 0 Å². The molecule has 0 atom stereocenters. The van der Waals surface area contributed by atoms with Crippen LogP contribution in [-0.2, 0) is 10.0 Å². The summed E-state index contributed by atoms with van der Waals surface area (Å²) < 4.78 is 46.6. The predicted molar refractivity (Wildman–Crippen MR) is 54.9 cm³/mol. The van der Waals surface area contributed by atoms with Crippen molar-refractivity contribution in [3.8, 4) is 0 Å². The minimum absolute atomic E-state index is 0.545. The lowest BCUT2D eigenvalue weighted by atomic mass is 10.2. The third-order valence-corrected chi connectivity index (χ3v) is 3.73. The maximum atomic E-state index is 12.6. The quantitative estimate of drug-likeness (QED) is 0.662. The molecule has 11 heteroatoms. The number of nitrogens with two attached hydrogens (primary N) is 1. The molecule has 0 saturated carbocycles. The average Bonchev–Trinajstić information content (AvgIpc) is 2.13. The van der Waals surface area contributed by atoms with E-state index in [-0.39, 0.29) is 0 Å². The number of alkyl halides is 2. The largest absolute Gasteiger partial charge is 0.373 e.